The number of carbonyl (C=O) groups is 1. The molecule has 1 aliphatic heterocycles. The van der Waals surface area contributed by atoms with Gasteiger partial charge < -0.3 is 9.84 Å². The zero-order valence-electron chi connectivity index (χ0n) is 15.0. The number of benzene rings is 2. The van der Waals surface area contributed by atoms with Gasteiger partial charge in [-0.2, -0.15) is 5.10 Å². The average molecular weight is 525 g/mol. The maximum atomic E-state index is 13.2. The summed E-state index contributed by atoms with van der Waals surface area (Å²) < 4.78 is 21.2. The molecule has 5 nitrogen and oxygen atoms in total. The molecule has 0 radical (unpaired) electrons. The van der Waals surface area contributed by atoms with E-state index in [0.29, 0.717) is 22.0 Å². The van der Waals surface area contributed by atoms with E-state index in [-0.39, 0.29) is 24.7 Å². The highest BCUT2D eigenvalue weighted by atomic mass is 127. The second kappa shape index (κ2) is 8.25. The van der Waals surface area contributed by atoms with Gasteiger partial charge in [-0.15, -0.1) is 0 Å². The SMILES string of the molecule is O=C(O)c1nn(-c2ccc(CI)cc2Cl)c2c1COC/C2=C\c1ccc(F)cc1. The molecule has 4 rings (SSSR count). The number of halogens is 3. The lowest BCUT2D eigenvalue weighted by molar-refractivity contribution is 0.0683. The fourth-order valence-corrected chi connectivity index (χ4v) is 4.03. The lowest BCUT2D eigenvalue weighted by Crippen LogP contribution is -2.13. The van der Waals surface area contributed by atoms with Crippen LogP contribution in [-0.2, 0) is 15.8 Å². The Hall–Kier alpha value is -2.23. The lowest BCUT2D eigenvalue weighted by Gasteiger charge is -2.19. The first-order chi connectivity index (χ1) is 14.0. The number of hydrogen-bond acceptors (Lipinski definition) is 3. The van der Waals surface area contributed by atoms with E-state index in [1.165, 1.54) is 12.1 Å². The Morgan fingerprint density at radius 2 is 2.03 bits per heavy atom. The van der Waals surface area contributed by atoms with E-state index in [2.05, 4.69) is 27.7 Å². The van der Waals surface area contributed by atoms with Crippen LogP contribution >= 0.6 is 34.2 Å². The van der Waals surface area contributed by atoms with Gasteiger partial charge in [0, 0.05) is 15.6 Å². The summed E-state index contributed by atoms with van der Waals surface area (Å²) in [6, 6.07) is 11.7. The van der Waals surface area contributed by atoms with E-state index in [9.17, 15) is 14.3 Å². The van der Waals surface area contributed by atoms with Gasteiger partial charge in [0.05, 0.1) is 29.6 Å². The van der Waals surface area contributed by atoms with E-state index in [4.69, 9.17) is 16.3 Å². The minimum atomic E-state index is -1.13. The molecule has 8 heteroatoms. The monoisotopic (exact) mass is 524 g/mol. The fraction of sp³-hybridized carbons (Fsp3) is 0.143. The van der Waals surface area contributed by atoms with Crippen LogP contribution in [0.4, 0.5) is 4.39 Å². The van der Waals surface area contributed by atoms with E-state index < -0.39 is 5.97 Å². The summed E-state index contributed by atoms with van der Waals surface area (Å²) in [6.07, 6.45) is 1.84. The van der Waals surface area contributed by atoms with Crippen molar-refractivity contribution in [1.82, 2.24) is 9.78 Å². The largest absolute Gasteiger partial charge is 0.476 e. The Kier molecular flexibility index (Phi) is 5.71. The van der Waals surface area contributed by atoms with E-state index in [1.807, 2.05) is 24.3 Å². The number of alkyl halides is 1. The number of carboxylic acids is 1. The topological polar surface area (TPSA) is 64.3 Å². The average Bonchev–Trinajstić information content (AvgIpc) is 3.10. The van der Waals surface area contributed by atoms with Crippen molar-refractivity contribution in [3.8, 4) is 5.69 Å². The van der Waals surface area contributed by atoms with Crippen LogP contribution in [0.1, 0.15) is 32.9 Å². The maximum Gasteiger partial charge on any atom is 0.356 e. The first kappa shape index (κ1) is 20.1. The Bertz CT molecular complexity index is 1130. The van der Waals surface area contributed by atoms with Crippen molar-refractivity contribution >= 4 is 51.8 Å². The maximum absolute atomic E-state index is 13.2. The molecule has 1 aliphatic rings. The Morgan fingerprint density at radius 1 is 1.28 bits per heavy atom. The Morgan fingerprint density at radius 3 is 2.69 bits per heavy atom. The van der Waals surface area contributed by atoms with Gasteiger partial charge in [0.15, 0.2) is 5.69 Å². The minimum Gasteiger partial charge on any atom is -0.476 e. The van der Waals surface area contributed by atoms with Gasteiger partial charge in [-0.25, -0.2) is 13.9 Å². The number of aromatic carboxylic acids is 1. The molecule has 148 valence electrons. The molecule has 3 aromatic rings. The number of ether oxygens (including phenoxy) is 1. The molecule has 1 aromatic heterocycles. The van der Waals surface area contributed by atoms with Gasteiger partial charge in [0.2, 0.25) is 0 Å². The summed E-state index contributed by atoms with van der Waals surface area (Å²) in [4.78, 5) is 11.8. The Balaban J connectivity index is 1.92. The first-order valence-corrected chi connectivity index (χ1v) is 10.6. The number of hydrogen-bond donors (Lipinski definition) is 1. The lowest BCUT2D eigenvalue weighted by atomic mass is 10.0. The second-order valence-corrected chi connectivity index (χ2v) is 7.70. The van der Waals surface area contributed by atoms with Crippen LogP contribution < -0.4 is 0 Å². The van der Waals surface area contributed by atoms with E-state index in [0.717, 1.165) is 21.1 Å². The molecule has 2 aromatic carbocycles. The van der Waals surface area contributed by atoms with Crippen LogP contribution in [0.2, 0.25) is 5.02 Å². The van der Waals surface area contributed by atoms with E-state index in [1.54, 1.807) is 16.8 Å². The van der Waals surface area contributed by atoms with Gasteiger partial charge in [-0.3, -0.25) is 0 Å². The molecule has 0 unspecified atom stereocenters. The van der Waals surface area contributed by atoms with Crippen LogP contribution in [-0.4, -0.2) is 27.5 Å². The first-order valence-electron chi connectivity index (χ1n) is 8.72. The quantitative estimate of drug-likeness (QED) is 0.368. The predicted octanol–water partition coefficient (Wildman–Crippen LogP) is 5.37. The second-order valence-electron chi connectivity index (χ2n) is 6.53. The summed E-state index contributed by atoms with van der Waals surface area (Å²) in [7, 11) is 0. The highest BCUT2D eigenvalue weighted by Crippen LogP contribution is 2.34. The van der Waals surface area contributed by atoms with Gasteiger partial charge in [-0.05, 0) is 41.5 Å². The summed E-state index contributed by atoms with van der Waals surface area (Å²) in [5.74, 6) is -1.46. The zero-order chi connectivity index (χ0) is 20.5. The third-order valence-electron chi connectivity index (χ3n) is 4.60. The zero-order valence-corrected chi connectivity index (χ0v) is 17.9. The third-order valence-corrected chi connectivity index (χ3v) is 5.78. The molecule has 0 spiro atoms. The van der Waals surface area contributed by atoms with Gasteiger partial charge in [0.25, 0.3) is 0 Å². The summed E-state index contributed by atoms with van der Waals surface area (Å²) in [5.41, 5.74) is 4.23. The highest BCUT2D eigenvalue weighted by molar-refractivity contribution is 14.1. The van der Waals surface area contributed by atoms with Crippen molar-refractivity contribution in [3.05, 3.63) is 81.4 Å². The molecule has 1 N–H and O–H groups in total. The van der Waals surface area contributed by atoms with Crippen LogP contribution in [0.5, 0.6) is 0 Å². The van der Waals surface area contributed by atoms with Crippen molar-refractivity contribution in [2.45, 2.75) is 11.0 Å². The minimum absolute atomic E-state index is 0.0706. The normalized spacial score (nSPS) is 14.8. The van der Waals surface area contributed by atoms with Gasteiger partial charge in [0.1, 0.15) is 5.82 Å². The third kappa shape index (κ3) is 3.94. The van der Waals surface area contributed by atoms with Crippen molar-refractivity contribution in [2.24, 2.45) is 0 Å². The molecular weight excluding hydrogens is 510 g/mol. The van der Waals surface area contributed by atoms with Crippen LogP contribution in [0.25, 0.3) is 17.3 Å². The summed E-state index contributed by atoms with van der Waals surface area (Å²) >= 11 is 8.75. The van der Waals surface area contributed by atoms with Crippen molar-refractivity contribution in [2.75, 3.05) is 6.61 Å². The molecule has 2 heterocycles. The number of aromatic nitrogens is 2. The number of nitrogens with zero attached hydrogens (tertiary/aromatic N) is 2. The molecule has 0 saturated carbocycles. The van der Waals surface area contributed by atoms with Crippen LogP contribution in [0.3, 0.4) is 0 Å². The predicted molar refractivity (Wildman–Crippen MR) is 117 cm³/mol. The highest BCUT2D eigenvalue weighted by Gasteiger charge is 2.29. The van der Waals surface area contributed by atoms with Crippen LogP contribution in [0.15, 0.2) is 42.5 Å². The molecule has 0 bridgehead atoms. The number of rotatable bonds is 4. The van der Waals surface area contributed by atoms with Crippen LogP contribution in [0, 0.1) is 5.82 Å². The molecule has 0 aliphatic carbocycles. The van der Waals surface area contributed by atoms with Crippen molar-refractivity contribution < 1.29 is 19.0 Å². The summed E-state index contributed by atoms with van der Waals surface area (Å²) in [6.45, 7) is 0.416. The van der Waals surface area contributed by atoms with Crippen molar-refractivity contribution in [3.63, 3.8) is 0 Å². The molecule has 0 saturated heterocycles. The van der Waals surface area contributed by atoms with Gasteiger partial charge >= 0.3 is 5.97 Å². The molecular formula is C21H15ClFIN2O3. The smallest absolute Gasteiger partial charge is 0.356 e. The number of fused-ring (bicyclic) bond motifs is 1. The molecule has 0 amide bonds. The fourth-order valence-electron chi connectivity index (χ4n) is 3.27. The molecule has 29 heavy (non-hydrogen) atoms. The van der Waals surface area contributed by atoms with Crippen molar-refractivity contribution in [1.29, 1.82) is 0 Å². The molecule has 0 fully saturated rings. The number of carboxylic acid groups (broad SMARTS) is 1. The molecule has 0 atom stereocenters. The Labute approximate surface area is 184 Å². The van der Waals surface area contributed by atoms with Gasteiger partial charge in [-0.1, -0.05) is 52.4 Å². The van der Waals surface area contributed by atoms with E-state index >= 15 is 0 Å². The summed E-state index contributed by atoms with van der Waals surface area (Å²) in [5, 5.41) is 14.4. The standard InChI is InChI=1S/C21H15ClFIN2O3/c22-17-8-13(9-24)3-6-18(17)26-20-14(7-12-1-4-15(23)5-2-12)10-29-11-16(20)19(25-26)21(27)28/h1-8H,9-11H2,(H,27,28)/b14-7+.